The predicted molar refractivity (Wildman–Crippen MR) is 156 cm³/mol. The van der Waals surface area contributed by atoms with E-state index in [0.29, 0.717) is 66.1 Å². The minimum Gasteiger partial charge on any atom is -0.497 e. The number of carbonyl (C=O) groups is 2. The average Bonchev–Trinajstić information content (AvgIpc) is 2.99. The first-order chi connectivity index (χ1) is 19.9. The van der Waals surface area contributed by atoms with E-state index < -0.39 is 12.0 Å². The fourth-order valence-corrected chi connectivity index (χ4v) is 5.24. The molecule has 0 radical (unpaired) electrons. The molecule has 0 aromatic heterocycles. The minimum atomic E-state index is -0.694. The van der Waals surface area contributed by atoms with Crippen LogP contribution in [0.5, 0.6) is 28.7 Å². The van der Waals surface area contributed by atoms with E-state index in [-0.39, 0.29) is 11.8 Å². The quantitative estimate of drug-likeness (QED) is 0.340. The van der Waals surface area contributed by atoms with Crippen LogP contribution in [0, 0.1) is 0 Å². The maximum absolute atomic E-state index is 14.0. The molecule has 0 spiro atoms. The molecule has 3 aromatic rings. The van der Waals surface area contributed by atoms with Crippen molar-refractivity contribution in [3.8, 4) is 28.7 Å². The van der Waals surface area contributed by atoms with Crippen LogP contribution in [0.4, 0.5) is 0 Å². The topological polar surface area (TPSA) is 95.6 Å². The van der Waals surface area contributed by atoms with Crippen molar-refractivity contribution in [3.05, 3.63) is 76.9 Å². The van der Waals surface area contributed by atoms with Gasteiger partial charge >= 0.3 is 0 Å². The molecule has 2 atom stereocenters. The van der Waals surface area contributed by atoms with Crippen molar-refractivity contribution in [3.63, 3.8) is 0 Å². The van der Waals surface area contributed by atoms with E-state index in [0.717, 1.165) is 11.1 Å². The lowest BCUT2D eigenvalue weighted by molar-refractivity contribution is -0.124. The number of rotatable bonds is 12. The molecular weight excluding hydrogens is 524 g/mol. The zero-order chi connectivity index (χ0) is 29.5. The molecule has 4 rings (SSSR count). The highest BCUT2D eigenvalue weighted by Gasteiger charge is 2.43. The first-order valence-electron chi connectivity index (χ1n) is 13.7. The number of ether oxygens (including phenoxy) is 5. The third kappa shape index (κ3) is 6.19. The molecule has 9 nitrogen and oxygen atoms in total. The van der Waals surface area contributed by atoms with Gasteiger partial charge in [0.05, 0.1) is 46.5 Å². The molecule has 0 aliphatic carbocycles. The maximum atomic E-state index is 14.0. The second kappa shape index (κ2) is 13.3. The fraction of sp³-hybridized carbons (Fsp3) is 0.375. The first-order valence-corrected chi connectivity index (χ1v) is 13.7. The molecule has 1 N–H and O–H groups in total. The van der Waals surface area contributed by atoms with Crippen LogP contribution in [0.15, 0.2) is 54.6 Å². The normalized spacial score (nSPS) is 16.0. The van der Waals surface area contributed by atoms with Crippen LogP contribution in [0.3, 0.4) is 0 Å². The third-order valence-corrected chi connectivity index (χ3v) is 7.24. The van der Waals surface area contributed by atoms with Gasteiger partial charge in [-0.2, -0.15) is 0 Å². The monoisotopic (exact) mass is 562 g/mol. The summed E-state index contributed by atoms with van der Waals surface area (Å²) < 4.78 is 27.7. The number of likely N-dealkylation sites (N-methyl/N-ethyl adjacent to an activating group) is 1. The highest BCUT2D eigenvalue weighted by molar-refractivity contribution is 6.02. The predicted octanol–water partition coefficient (Wildman–Crippen LogP) is 4.78. The largest absolute Gasteiger partial charge is 0.497 e. The molecule has 1 aliphatic heterocycles. The first kappa shape index (κ1) is 29.6. The van der Waals surface area contributed by atoms with Crippen molar-refractivity contribution >= 4 is 11.8 Å². The summed E-state index contributed by atoms with van der Waals surface area (Å²) in [5, 5.41) is 3.11. The Hall–Kier alpha value is -4.40. The van der Waals surface area contributed by atoms with E-state index in [1.54, 1.807) is 31.2 Å². The molecule has 0 fully saturated rings. The molecule has 0 bridgehead atoms. The molecule has 0 unspecified atom stereocenters. The number of fused-ring (bicyclic) bond motifs is 1. The number of methoxy groups -OCH3 is 3. The number of hydrogen-bond donors (Lipinski definition) is 1. The van der Waals surface area contributed by atoms with Crippen LogP contribution >= 0.6 is 0 Å². The van der Waals surface area contributed by atoms with Crippen molar-refractivity contribution < 1.29 is 33.3 Å². The van der Waals surface area contributed by atoms with E-state index >= 15 is 0 Å². The highest BCUT2D eigenvalue weighted by Crippen LogP contribution is 2.45. The lowest BCUT2D eigenvalue weighted by atomic mass is 9.79. The second-order valence-corrected chi connectivity index (χ2v) is 9.59. The van der Waals surface area contributed by atoms with E-state index in [1.165, 1.54) is 14.2 Å². The van der Waals surface area contributed by atoms with Crippen molar-refractivity contribution in [2.24, 2.45) is 0 Å². The molecule has 9 heteroatoms. The third-order valence-electron chi connectivity index (χ3n) is 7.24. The van der Waals surface area contributed by atoms with Crippen LogP contribution < -0.4 is 29.0 Å². The molecule has 1 aliphatic rings. The van der Waals surface area contributed by atoms with Gasteiger partial charge in [-0.05, 0) is 73.4 Å². The van der Waals surface area contributed by atoms with E-state index in [4.69, 9.17) is 23.7 Å². The minimum absolute atomic E-state index is 0.199. The Morgan fingerprint density at radius 1 is 0.829 bits per heavy atom. The van der Waals surface area contributed by atoms with Gasteiger partial charge < -0.3 is 33.9 Å². The van der Waals surface area contributed by atoms with Crippen LogP contribution in [0.25, 0.3) is 0 Å². The van der Waals surface area contributed by atoms with Gasteiger partial charge in [-0.1, -0.05) is 18.2 Å². The summed E-state index contributed by atoms with van der Waals surface area (Å²) >= 11 is 0. The second-order valence-electron chi connectivity index (χ2n) is 9.59. The zero-order valence-electron chi connectivity index (χ0n) is 24.5. The van der Waals surface area contributed by atoms with Crippen LogP contribution in [0.2, 0.25) is 0 Å². The Balaban J connectivity index is 1.66. The smallest absolute Gasteiger partial charge is 0.254 e. The maximum Gasteiger partial charge on any atom is 0.254 e. The lowest BCUT2D eigenvalue weighted by Crippen LogP contribution is -2.46. The van der Waals surface area contributed by atoms with Crippen molar-refractivity contribution in [1.29, 1.82) is 0 Å². The van der Waals surface area contributed by atoms with Crippen molar-refractivity contribution in [2.75, 3.05) is 48.1 Å². The Labute approximate surface area is 241 Å². The van der Waals surface area contributed by atoms with Gasteiger partial charge in [-0.25, -0.2) is 0 Å². The Kier molecular flexibility index (Phi) is 9.60. The number of hydrogen-bond acceptors (Lipinski definition) is 7. The fourth-order valence-electron chi connectivity index (χ4n) is 5.24. The molecule has 218 valence electrons. The van der Waals surface area contributed by atoms with Gasteiger partial charge in [-0.3, -0.25) is 9.59 Å². The number of carbonyl (C=O) groups excluding carboxylic acids is 2. The number of nitrogens with zero attached hydrogens (tertiary/aromatic N) is 1. The number of nitrogens with one attached hydrogen (secondary N) is 1. The standard InChI is InChI=1S/C32H38N2O7/c1-7-40-25-14-9-20(17-28(25)41-8-2)15-16-33-31(35)29-23-18-26(38-5)27(39-6)19-24(23)32(36)34(3)30(29)21-10-12-22(37-4)13-11-21/h9-14,17-19,29-30H,7-8,15-16H2,1-6H3,(H,33,35)/t29-,30+/m0/s1. The molecule has 41 heavy (non-hydrogen) atoms. The van der Waals surface area contributed by atoms with Crippen LogP contribution in [-0.2, 0) is 11.2 Å². The Bertz CT molecular complexity index is 1370. The summed E-state index contributed by atoms with van der Waals surface area (Å²) in [5.74, 6) is 1.84. The molecular formula is C32H38N2O7. The summed E-state index contributed by atoms with van der Waals surface area (Å²) in [6, 6.07) is 16.1. The Morgan fingerprint density at radius 3 is 2.12 bits per heavy atom. The van der Waals surface area contributed by atoms with Crippen LogP contribution in [0.1, 0.15) is 52.9 Å². The van der Waals surface area contributed by atoms with Crippen molar-refractivity contribution in [1.82, 2.24) is 10.2 Å². The summed E-state index contributed by atoms with van der Waals surface area (Å²) in [4.78, 5) is 29.2. The van der Waals surface area contributed by atoms with Gasteiger partial charge in [0.25, 0.3) is 5.91 Å². The lowest BCUT2D eigenvalue weighted by Gasteiger charge is -2.40. The van der Waals surface area contributed by atoms with E-state index in [1.807, 2.05) is 56.3 Å². The van der Waals surface area contributed by atoms with Gasteiger partial charge in [0, 0.05) is 19.2 Å². The van der Waals surface area contributed by atoms with Gasteiger partial charge in [-0.15, -0.1) is 0 Å². The molecule has 3 aromatic carbocycles. The molecule has 1 heterocycles. The Morgan fingerprint density at radius 2 is 1.49 bits per heavy atom. The zero-order valence-corrected chi connectivity index (χ0v) is 24.5. The van der Waals surface area contributed by atoms with E-state index in [2.05, 4.69) is 5.32 Å². The summed E-state index contributed by atoms with van der Waals surface area (Å²) in [7, 11) is 6.36. The van der Waals surface area contributed by atoms with Gasteiger partial charge in [0.2, 0.25) is 5.91 Å². The van der Waals surface area contributed by atoms with Crippen molar-refractivity contribution in [2.45, 2.75) is 32.2 Å². The number of amides is 2. The summed E-state index contributed by atoms with van der Waals surface area (Å²) in [6.07, 6.45) is 0.589. The highest BCUT2D eigenvalue weighted by atomic mass is 16.5. The van der Waals surface area contributed by atoms with Crippen LogP contribution in [-0.4, -0.2) is 64.8 Å². The molecule has 2 amide bonds. The number of benzene rings is 3. The van der Waals surface area contributed by atoms with E-state index in [9.17, 15) is 9.59 Å². The molecule has 0 saturated heterocycles. The molecule has 0 saturated carbocycles. The summed E-state index contributed by atoms with van der Waals surface area (Å²) in [5.41, 5.74) is 2.81. The van der Waals surface area contributed by atoms with Gasteiger partial charge in [0.15, 0.2) is 23.0 Å². The van der Waals surface area contributed by atoms with Gasteiger partial charge in [0.1, 0.15) is 5.75 Å². The SMILES string of the molecule is CCOc1ccc(CCNC(=O)[C@H]2c3cc(OC)c(OC)cc3C(=O)N(C)[C@@H]2c2ccc(OC)cc2)cc1OCC. The summed E-state index contributed by atoms with van der Waals surface area (Å²) in [6.45, 7) is 5.31. The average molecular weight is 563 g/mol.